The zero-order chi connectivity index (χ0) is 18.7. The quantitative estimate of drug-likeness (QED) is 0.831. The second kappa shape index (κ2) is 8.24. The van der Waals surface area contributed by atoms with E-state index >= 15 is 0 Å². The number of halogens is 2. The van der Waals surface area contributed by atoms with E-state index in [4.69, 9.17) is 33.7 Å². The molecular weight excluding hydrogens is 375 g/mol. The molecule has 9 heteroatoms. The van der Waals surface area contributed by atoms with E-state index < -0.39 is 6.10 Å². The number of aromatic nitrogens is 3. The molecule has 3 rings (SSSR count). The van der Waals surface area contributed by atoms with Gasteiger partial charge in [-0.25, -0.2) is 0 Å². The highest BCUT2D eigenvalue weighted by Gasteiger charge is 2.22. The summed E-state index contributed by atoms with van der Waals surface area (Å²) in [5, 5.41) is 0.807. The number of hydrogen-bond acceptors (Lipinski definition) is 7. The van der Waals surface area contributed by atoms with Crippen molar-refractivity contribution in [2.24, 2.45) is 0 Å². The zero-order valence-corrected chi connectivity index (χ0v) is 16.3. The van der Waals surface area contributed by atoms with Gasteiger partial charge in [0.2, 0.25) is 11.9 Å². The van der Waals surface area contributed by atoms with Gasteiger partial charge >= 0.3 is 0 Å². The summed E-state index contributed by atoms with van der Waals surface area (Å²) >= 11 is 12.3. The van der Waals surface area contributed by atoms with Crippen LogP contribution in [0.15, 0.2) is 18.2 Å². The molecule has 7 nitrogen and oxygen atoms in total. The van der Waals surface area contributed by atoms with Crippen LogP contribution in [0.4, 0.5) is 11.9 Å². The van der Waals surface area contributed by atoms with Crippen molar-refractivity contribution >= 4 is 35.1 Å². The Kier molecular flexibility index (Phi) is 6.01. The molecule has 2 heterocycles. The molecule has 1 aromatic heterocycles. The van der Waals surface area contributed by atoms with Crippen molar-refractivity contribution in [3.63, 3.8) is 0 Å². The summed E-state index contributed by atoms with van der Waals surface area (Å²) in [6, 6.07) is 5.26. The van der Waals surface area contributed by atoms with Crippen LogP contribution in [0.3, 0.4) is 0 Å². The second-order valence-corrected chi connectivity index (χ2v) is 6.99. The maximum atomic E-state index is 6.23. The fraction of sp³-hybridized carbons (Fsp3) is 0.471. The first kappa shape index (κ1) is 18.9. The SMILES string of the molecule is CCC(Oc1cccc(Cl)c1Cl)c1nc(N)nc(N2CCN(C)CC2)n1. The predicted octanol–water partition coefficient (Wildman–Crippen LogP) is 3.04. The number of nitrogens with two attached hydrogens (primary N) is 1. The normalized spacial score (nSPS) is 16.5. The maximum absolute atomic E-state index is 6.23. The van der Waals surface area contributed by atoms with Crippen LogP contribution in [0.2, 0.25) is 10.0 Å². The fourth-order valence-corrected chi connectivity index (χ4v) is 3.07. The molecule has 26 heavy (non-hydrogen) atoms. The van der Waals surface area contributed by atoms with Crippen molar-refractivity contribution in [1.29, 1.82) is 0 Å². The van der Waals surface area contributed by atoms with E-state index in [2.05, 4.69) is 31.8 Å². The molecule has 1 aliphatic rings. The maximum Gasteiger partial charge on any atom is 0.230 e. The Morgan fingerprint density at radius 2 is 1.88 bits per heavy atom. The first-order valence-corrected chi connectivity index (χ1v) is 9.29. The first-order chi connectivity index (χ1) is 12.5. The molecule has 2 aromatic rings. The van der Waals surface area contributed by atoms with E-state index in [1.54, 1.807) is 18.2 Å². The van der Waals surface area contributed by atoms with Gasteiger partial charge in [-0.15, -0.1) is 0 Å². The van der Waals surface area contributed by atoms with Gasteiger partial charge in [-0.1, -0.05) is 36.2 Å². The number of ether oxygens (including phenoxy) is 1. The summed E-state index contributed by atoms with van der Waals surface area (Å²) in [6.45, 7) is 5.58. The highest BCUT2D eigenvalue weighted by Crippen LogP contribution is 2.34. The Hall–Kier alpha value is -1.83. The summed E-state index contributed by atoms with van der Waals surface area (Å²) in [5.74, 6) is 1.75. The van der Waals surface area contributed by atoms with Crippen molar-refractivity contribution in [3.05, 3.63) is 34.1 Å². The Balaban J connectivity index is 1.85. The van der Waals surface area contributed by atoms with Crippen LogP contribution < -0.4 is 15.4 Å². The van der Waals surface area contributed by atoms with Crippen molar-refractivity contribution < 1.29 is 4.74 Å². The molecule has 1 atom stereocenters. The van der Waals surface area contributed by atoms with Crippen molar-refractivity contribution in [2.75, 3.05) is 43.9 Å². The lowest BCUT2D eigenvalue weighted by atomic mass is 10.2. The van der Waals surface area contributed by atoms with E-state index in [-0.39, 0.29) is 5.95 Å². The third-order valence-electron chi connectivity index (χ3n) is 4.29. The summed E-state index contributed by atoms with van der Waals surface area (Å²) in [6.07, 6.45) is 0.247. The molecule has 2 N–H and O–H groups in total. The van der Waals surface area contributed by atoms with Gasteiger partial charge in [-0.3, -0.25) is 0 Å². The van der Waals surface area contributed by atoms with Crippen LogP contribution in [0.25, 0.3) is 0 Å². The Labute approximate surface area is 163 Å². The number of benzene rings is 1. The minimum Gasteiger partial charge on any atom is -0.481 e. The molecule has 0 saturated carbocycles. The first-order valence-electron chi connectivity index (χ1n) is 8.53. The van der Waals surface area contributed by atoms with Crippen molar-refractivity contribution in [2.45, 2.75) is 19.4 Å². The number of hydrogen-bond donors (Lipinski definition) is 1. The number of likely N-dealkylation sites (N-methyl/N-ethyl adjacent to an activating group) is 1. The number of nitrogen functional groups attached to an aromatic ring is 1. The molecule has 0 amide bonds. The lowest BCUT2D eigenvalue weighted by molar-refractivity contribution is 0.191. The average molecular weight is 397 g/mol. The van der Waals surface area contributed by atoms with E-state index in [0.717, 1.165) is 26.2 Å². The topological polar surface area (TPSA) is 80.4 Å². The molecule has 0 bridgehead atoms. The monoisotopic (exact) mass is 396 g/mol. The highest BCUT2D eigenvalue weighted by molar-refractivity contribution is 6.42. The lowest BCUT2D eigenvalue weighted by Crippen LogP contribution is -2.45. The predicted molar refractivity (Wildman–Crippen MR) is 104 cm³/mol. The van der Waals surface area contributed by atoms with E-state index in [1.165, 1.54) is 0 Å². The van der Waals surface area contributed by atoms with Crippen LogP contribution in [-0.4, -0.2) is 53.1 Å². The molecule has 1 aromatic carbocycles. The molecule has 0 aliphatic carbocycles. The van der Waals surface area contributed by atoms with Gasteiger partial charge in [0, 0.05) is 26.2 Å². The molecule has 1 aliphatic heterocycles. The molecule has 0 spiro atoms. The van der Waals surface area contributed by atoms with Crippen LogP contribution in [-0.2, 0) is 0 Å². The van der Waals surface area contributed by atoms with E-state index in [1.807, 2.05) is 6.92 Å². The van der Waals surface area contributed by atoms with Crippen LogP contribution in [0, 0.1) is 0 Å². The van der Waals surface area contributed by atoms with Gasteiger partial charge in [0.1, 0.15) is 10.8 Å². The van der Waals surface area contributed by atoms with Crippen molar-refractivity contribution in [3.8, 4) is 5.75 Å². The Bertz CT molecular complexity index is 767. The molecule has 1 saturated heterocycles. The second-order valence-electron chi connectivity index (χ2n) is 6.21. The number of nitrogens with zero attached hydrogens (tertiary/aromatic N) is 5. The minimum absolute atomic E-state index is 0.183. The smallest absolute Gasteiger partial charge is 0.230 e. The highest BCUT2D eigenvalue weighted by atomic mass is 35.5. The van der Waals surface area contributed by atoms with Crippen LogP contribution in [0.5, 0.6) is 5.75 Å². The average Bonchev–Trinajstić information content (AvgIpc) is 2.63. The fourth-order valence-electron chi connectivity index (χ4n) is 2.74. The largest absolute Gasteiger partial charge is 0.481 e. The van der Waals surface area contributed by atoms with Crippen LogP contribution >= 0.6 is 23.2 Å². The third-order valence-corrected chi connectivity index (χ3v) is 5.09. The number of rotatable bonds is 5. The van der Waals surface area contributed by atoms with Gasteiger partial charge < -0.3 is 20.3 Å². The molecule has 1 unspecified atom stereocenters. The molecule has 140 valence electrons. The van der Waals surface area contributed by atoms with Gasteiger partial charge in [0.25, 0.3) is 0 Å². The van der Waals surface area contributed by atoms with E-state index in [0.29, 0.717) is 34.0 Å². The third kappa shape index (κ3) is 4.28. The summed E-state index contributed by atoms with van der Waals surface area (Å²) in [4.78, 5) is 17.6. The lowest BCUT2D eigenvalue weighted by Gasteiger charge is -2.32. The zero-order valence-electron chi connectivity index (χ0n) is 14.8. The van der Waals surface area contributed by atoms with Gasteiger partial charge in [0.15, 0.2) is 11.9 Å². The Morgan fingerprint density at radius 1 is 1.15 bits per heavy atom. The Morgan fingerprint density at radius 3 is 2.58 bits per heavy atom. The minimum atomic E-state index is -0.400. The van der Waals surface area contributed by atoms with Gasteiger partial charge in [-0.05, 0) is 25.6 Å². The van der Waals surface area contributed by atoms with E-state index in [9.17, 15) is 0 Å². The molecule has 0 radical (unpaired) electrons. The molecule has 1 fully saturated rings. The number of anilines is 2. The standard InChI is InChI=1S/C17H22Cl2N6O/c1-3-12(26-13-6-4-5-11(18)14(13)19)15-21-16(20)23-17(22-15)25-9-7-24(2)8-10-25/h4-6,12H,3,7-10H2,1-2H3,(H2,20,21,22,23). The molecular formula is C17H22Cl2N6O. The summed E-state index contributed by atoms with van der Waals surface area (Å²) in [7, 11) is 2.10. The summed E-state index contributed by atoms with van der Waals surface area (Å²) < 4.78 is 6.02. The van der Waals surface area contributed by atoms with Crippen molar-refractivity contribution in [1.82, 2.24) is 19.9 Å². The van der Waals surface area contributed by atoms with Gasteiger partial charge in [-0.2, -0.15) is 15.0 Å². The number of piperazine rings is 1. The summed E-state index contributed by atoms with van der Waals surface area (Å²) in [5.41, 5.74) is 5.93. The van der Waals surface area contributed by atoms with Crippen LogP contribution in [0.1, 0.15) is 25.3 Å². The van der Waals surface area contributed by atoms with Gasteiger partial charge in [0.05, 0.1) is 5.02 Å².